The molecule has 0 aromatic heterocycles. The molecule has 404 valence electrons. The minimum Gasteiger partial charge on any atom is -0.478 e. The average molecular weight is 1060 g/mol. The Hall–Kier alpha value is -8.51. The Morgan fingerprint density at radius 3 is 1.09 bits per heavy atom. The lowest BCUT2D eigenvalue weighted by molar-refractivity contribution is 0.00570. The maximum Gasteiger partial charge on any atom is 0.340 e. The molecule has 0 bridgehead atoms. The van der Waals surface area contributed by atoms with E-state index in [-0.39, 0.29) is 34.2 Å². The molecule has 0 atom stereocenters. The molecule has 8 nitrogen and oxygen atoms in total. The van der Waals surface area contributed by atoms with Gasteiger partial charge >= 0.3 is 17.9 Å². The standard InChI is InChI=1S/C25H25F2NO2.C21H17F2NO2.C20H24O2/c1-25(2,3)30-24(29)20-13-11-18(10-9-17-7-5-4-6-8-17)15-23(20)28-22-14-12-19(26)16-21(22)27;22-16-9-11-19(18(23)13-16)24-20-12-15(8-10-17(20)21(25)26)7-6-14-4-2-1-3-5-14;1-15-14-17(11-10-16-8-6-5-7-9-16)12-13-18(15)19(21)22-20(2,3)4/h4-8,11-16,28H,9-10H2,1-3H3;1-5,8-13,24H,6-7H2,(H,25,26);5-9,12-14H,10-11H2,1-4H3. The summed E-state index contributed by atoms with van der Waals surface area (Å²) in [6, 6.07) is 53.1. The van der Waals surface area contributed by atoms with Crippen molar-refractivity contribution in [3.05, 3.63) is 261 Å². The molecule has 0 aliphatic carbocycles. The summed E-state index contributed by atoms with van der Waals surface area (Å²) in [6.45, 7) is 13.0. The van der Waals surface area contributed by atoms with Gasteiger partial charge in [0, 0.05) is 12.1 Å². The number of hydrogen-bond acceptors (Lipinski definition) is 7. The minimum absolute atomic E-state index is 0.0223. The van der Waals surface area contributed by atoms with E-state index in [0.29, 0.717) is 17.7 Å². The number of anilines is 4. The first kappa shape index (κ1) is 58.7. The molecule has 0 spiro atoms. The Balaban J connectivity index is 0.000000192. The molecule has 0 saturated heterocycles. The Bertz CT molecular complexity index is 3280. The van der Waals surface area contributed by atoms with Gasteiger partial charge in [-0.1, -0.05) is 115 Å². The van der Waals surface area contributed by atoms with E-state index in [0.717, 1.165) is 73.1 Å². The van der Waals surface area contributed by atoms with Crippen LogP contribution < -0.4 is 10.6 Å². The number of hydrogen-bond donors (Lipinski definition) is 3. The smallest absolute Gasteiger partial charge is 0.340 e. The maximum atomic E-state index is 14.2. The summed E-state index contributed by atoms with van der Waals surface area (Å²) < 4.78 is 65.3. The first-order valence-corrected chi connectivity index (χ1v) is 25.7. The third-order valence-corrected chi connectivity index (χ3v) is 12.0. The predicted octanol–water partition coefficient (Wildman–Crippen LogP) is 16.4. The predicted molar refractivity (Wildman–Crippen MR) is 302 cm³/mol. The number of carboxylic acid groups (broad SMARTS) is 1. The Labute approximate surface area is 455 Å². The van der Waals surface area contributed by atoms with E-state index in [9.17, 15) is 37.1 Å². The van der Waals surface area contributed by atoms with Crippen molar-refractivity contribution in [1.29, 1.82) is 0 Å². The molecule has 0 aliphatic rings. The second kappa shape index (κ2) is 27.5. The van der Waals surface area contributed by atoms with E-state index in [1.54, 1.807) is 39.0 Å². The molecule has 0 amide bonds. The zero-order valence-corrected chi connectivity index (χ0v) is 45.1. The first-order valence-electron chi connectivity index (χ1n) is 25.7. The molecule has 0 radical (unpaired) electrons. The molecule has 78 heavy (non-hydrogen) atoms. The summed E-state index contributed by atoms with van der Waals surface area (Å²) in [5.74, 6) is -4.76. The van der Waals surface area contributed by atoms with Crippen LogP contribution in [0, 0.1) is 30.2 Å². The highest BCUT2D eigenvalue weighted by molar-refractivity contribution is 5.97. The average Bonchev–Trinajstić information content (AvgIpc) is 3.42. The van der Waals surface area contributed by atoms with Crippen LogP contribution in [0.15, 0.2) is 182 Å². The zero-order valence-electron chi connectivity index (χ0n) is 45.1. The molecule has 8 aromatic carbocycles. The fraction of sp³-hybridized carbons (Fsp3) is 0.227. The number of halogens is 4. The number of ether oxygens (including phenoxy) is 2. The molecule has 0 aliphatic heterocycles. The quantitative estimate of drug-likeness (QED) is 0.0648. The monoisotopic (exact) mass is 1060 g/mol. The van der Waals surface area contributed by atoms with Gasteiger partial charge in [-0.2, -0.15) is 0 Å². The van der Waals surface area contributed by atoms with Crippen LogP contribution in [-0.4, -0.2) is 34.2 Å². The molecule has 12 heteroatoms. The van der Waals surface area contributed by atoms with Crippen molar-refractivity contribution in [3.8, 4) is 0 Å². The van der Waals surface area contributed by atoms with Crippen molar-refractivity contribution in [2.45, 2.75) is 98.2 Å². The highest BCUT2D eigenvalue weighted by Crippen LogP contribution is 2.29. The van der Waals surface area contributed by atoms with Crippen LogP contribution in [0.25, 0.3) is 0 Å². The van der Waals surface area contributed by atoms with Gasteiger partial charge in [-0.25, -0.2) is 31.9 Å². The summed E-state index contributed by atoms with van der Waals surface area (Å²) in [4.78, 5) is 36.3. The minimum atomic E-state index is -1.12. The maximum absolute atomic E-state index is 14.2. The third kappa shape index (κ3) is 18.9. The fourth-order valence-corrected chi connectivity index (χ4v) is 8.11. The Kier molecular flexibility index (Phi) is 20.7. The molecular formula is C66H66F4N2O6. The van der Waals surface area contributed by atoms with Crippen LogP contribution >= 0.6 is 0 Å². The SMILES string of the molecule is CC(C)(C)OC(=O)c1ccc(CCc2ccccc2)cc1Nc1ccc(F)cc1F.Cc1cc(CCc2ccccc2)ccc1C(=O)OC(C)(C)C.O=C(O)c1ccc(CCc2ccccc2)cc1Nc1ccc(F)cc1F. The molecular weight excluding hydrogens is 993 g/mol. The number of nitrogens with one attached hydrogen (secondary N) is 2. The Morgan fingerprint density at radius 1 is 0.397 bits per heavy atom. The van der Waals surface area contributed by atoms with E-state index in [2.05, 4.69) is 53.1 Å². The zero-order chi connectivity index (χ0) is 56.4. The van der Waals surface area contributed by atoms with E-state index < -0.39 is 46.4 Å². The fourth-order valence-electron chi connectivity index (χ4n) is 8.11. The van der Waals surface area contributed by atoms with Crippen molar-refractivity contribution >= 4 is 40.7 Å². The number of aryl methyl sites for hydroxylation is 7. The van der Waals surface area contributed by atoms with Gasteiger partial charge in [0.2, 0.25) is 0 Å². The van der Waals surface area contributed by atoms with Crippen LogP contribution in [0.4, 0.5) is 40.3 Å². The van der Waals surface area contributed by atoms with Gasteiger partial charge in [-0.05, 0) is 181 Å². The summed E-state index contributed by atoms with van der Waals surface area (Å²) in [5, 5.41) is 15.1. The second-order valence-electron chi connectivity index (χ2n) is 20.7. The number of benzene rings is 8. The van der Waals surface area contributed by atoms with Crippen LogP contribution in [-0.2, 0) is 48.0 Å². The lowest BCUT2D eigenvalue weighted by atomic mass is 10.00. The molecule has 0 fully saturated rings. The molecule has 0 unspecified atom stereocenters. The van der Waals surface area contributed by atoms with Gasteiger partial charge in [0.25, 0.3) is 0 Å². The molecule has 0 saturated carbocycles. The second-order valence-corrected chi connectivity index (χ2v) is 20.7. The van der Waals surface area contributed by atoms with E-state index >= 15 is 0 Å². The van der Waals surface area contributed by atoms with Crippen LogP contribution in [0.3, 0.4) is 0 Å². The van der Waals surface area contributed by atoms with Gasteiger partial charge in [-0.3, -0.25) is 0 Å². The van der Waals surface area contributed by atoms with Gasteiger partial charge < -0.3 is 25.2 Å². The summed E-state index contributed by atoms with van der Waals surface area (Å²) in [5.41, 5.74) is 8.46. The van der Waals surface area contributed by atoms with Crippen LogP contribution in [0.5, 0.6) is 0 Å². The number of carboxylic acids is 1. The van der Waals surface area contributed by atoms with Gasteiger partial charge in [0.05, 0.1) is 39.4 Å². The highest BCUT2D eigenvalue weighted by atomic mass is 19.1. The Morgan fingerprint density at radius 2 is 0.731 bits per heavy atom. The topological polar surface area (TPSA) is 114 Å². The number of aromatic carboxylic acids is 1. The molecule has 0 heterocycles. The van der Waals surface area contributed by atoms with Crippen LogP contribution in [0.2, 0.25) is 0 Å². The highest BCUT2D eigenvalue weighted by Gasteiger charge is 2.22. The van der Waals surface area contributed by atoms with E-state index in [4.69, 9.17) is 9.47 Å². The summed E-state index contributed by atoms with van der Waals surface area (Å²) in [7, 11) is 0. The normalized spacial score (nSPS) is 11.0. The van der Waals surface area contributed by atoms with Crippen molar-refractivity contribution in [2.24, 2.45) is 0 Å². The molecule has 3 N–H and O–H groups in total. The number of esters is 2. The number of rotatable bonds is 16. The first-order chi connectivity index (χ1) is 37.1. The van der Waals surface area contributed by atoms with Crippen molar-refractivity contribution in [1.82, 2.24) is 0 Å². The van der Waals surface area contributed by atoms with Gasteiger partial charge in [-0.15, -0.1) is 0 Å². The lowest BCUT2D eigenvalue weighted by Crippen LogP contribution is -2.24. The van der Waals surface area contributed by atoms with Gasteiger partial charge in [0.1, 0.15) is 34.5 Å². The third-order valence-electron chi connectivity index (χ3n) is 12.0. The van der Waals surface area contributed by atoms with E-state index in [1.807, 2.05) is 107 Å². The van der Waals surface area contributed by atoms with Crippen LogP contribution in [0.1, 0.15) is 112 Å². The van der Waals surface area contributed by atoms with Crippen molar-refractivity contribution in [2.75, 3.05) is 10.6 Å². The summed E-state index contributed by atoms with van der Waals surface area (Å²) in [6.07, 6.45) is 5.07. The summed E-state index contributed by atoms with van der Waals surface area (Å²) >= 11 is 0. The van der Waals surface area contributed by atoms with Gasteiger partial charge in [0.15, 0.2) is 0 Å². The lowest BCUT2D eigenvalue weighted by Gasteiger charge is -2.21. The molecule has 8 aromatic rings. The largest absolute Gasteiger partial charge is 0.478 e. The van der Waals surface area contributed by atoms with Crippen molar-refractivity contribution in [3.63, 3.8) is 0 Å². The van der Waals surface area contributed by atoms with Crippen molar-refractivity contribution < 1.29 is 46.5 Å². The van der Waals surface area contributed by atoms with E-state index in [1.165, 1.54) is 40.5 Å². The number of carbonyl (C=O) groups is 3. The molecule has 8 rings (SSSR count). The number of carbonyl (C=O) groups excluding carboxylic acids is 2.